The van der Waals surface area contributed by atoms with Crippen LogP contribution in [0.1, 0.15) is 19.3 Å². The molecular formula is C9H12ClNO3. The number of carbonyl (C=O) groups excluding carboxylic acids is 2. The molecule has 2 rings (SSSR count). The first-order valence-corrected chi connectivity index (χ1v) is 5.17. The van der Waals surface area contributed by atoms with Crippen LogP contribution in [0.15, 0.2) is 0 Å². The van der Waals surface area contributed by atoms with Crippen molar-refractivity contribution in [3.8, 4) is 0 Å². The summed E-state index contributed by atoms with van der Waals surface area (Å²) in [5.74, 6) is -0.800. The number of cyclic esters (lactones) is 2. The number of rotatable bonds is 0. The van der Waals surface area contributed by atoms with Gasteiger partial charge in [-0.1, -0.05) is 0 Å². The van der Waals surface area contributed by atoms with E-state index in [2.05, 4.69) is 4.74 Å². The summed E-state index contributed by atoms with van der Waals surface area (Å²) in [4.78, 5) is 24.1. The van der Waals surface area contributed by atoms with E-state index in [1.807, 2.05) is 0 Å². The van der Waals surface area contributed by atoms with E-state index in [0.29, 0.717) is 0 Å². The Morgan fingerprint density at radius 3 is 2.86 bits per heavy atom. The van der Waals surface area contributed by atoms with Gasteiger partial charge in [0, 0.05) is 18.5 Å². The van der Waals surface area contributed by atoms with Crippen molar-refractivity contribution >= 4 is 23.7 Å². The quantitative estimate of drug-likeness (QED) is 0.350. The highest BCUT2D eigenvalue weighted by Gasteiger charge is 2.46. The molecule has 1 heterocycles. The standard InChI is InChI=1S/C9H12ClNO3/c1-11-6-4-2-3-5(10)7(6)8(12)14-9(11)13/h5-7H,2-4H2,1H3. The SMILES string of the molecule is CN1C(=O)OC(=O)C2C(Cl)CCCC21. The summed E-state index contributed by atoms with van der Waals surface area (Å²) in [6.45, 7) is 0. The molecule has 1 saturated heterocycles. The van der Waals surface area contributed by atoms with Crippen molar-refractivity contribution in [1.82, 2.24) is 4.90 Å². The number of alkyl halides is 1. The molecule has 78 valence electrons. The smallest absolute Gasteiger partial charge is 0.376 e. The second-order valence-corrected chi connectivity index (χ2v) is 4.40. The van der Waals surface area contributed by atoms with Gasteiger partial charge in [0.15, 0.2) is 0 Å². The minimum absolute atomic E-state index is 0.0694. The molecule has 2 aliphatic rings. The van der Waals surface area contributed by atoms with Crippen LogP contribution in [0.25, 0.3) is 0 Å². The summed E-state index contributed by atoms with van der Waals surface area (Å²) in [6.07, 6.45) is 2.06. The maximum absolute atomic E-state index is 11.4. The lowest BCUT2D eigenvalue weighted by Gasteiger charge is -2.41. The largest absolute Gasteiger partial charge is 0.417 e. The van der Waals surface area contributed by atoms with Gasteiger partial charge in [0.1, 0.15) is 0 Å². The highest BCUT2D eigenvalue weighted by atomic mass is 35.5. The summed E-state index contributed by atoms with van der Waals surface area (Å²) in [5.41, 5.74) is 0. The van der Waals surface area contributed by atoms with Crippen LogP contribution in [0.4, 0.5) is 4.79 Å². The lowest BCUT2D eigenvalue weighted by Crippen LogP contribution is -2.55. The highest BCUT2D eigenvalue weighted by molar-refractivity contribution is 6.22. The maximum atomic E-state index is 11.4. The molecule has 0 aromatic heterocycles. The van der Waals surface area contributed by atoms with Crippen LogP contribution in [0.2, 0.25) is 0 Å². The van der Waals surface area contributed by atoms with E-state index in [1.54, 1.807) is 7.05 Å². The second kappa shape index (κ2) is 3.42. The van der Waals surface area contributed by atoms with E-state index in [1.165, 1.54) is 4.90 Å². The Labute approximate surface area is 87.1 Å². The second-order valence-electron chi connectivity index (χ2n) is 3.84. The van der Waals surface area contributed by atoms with Gasteiger partial charge in [-0.15, -0.1) is 11.6 Å². The predicted molar refractivity (Wildman–Crippen MR) is 50.0 cm³/mol. The van der Waals surface area contributed by atoms with Crippen molar-refractivity contribution in [1.29, 1.82) is 0 Å². The van der Waals surface area contributed by atoms with E-state index < -0.39 is 12.1 Å². The van der Waals surface area contributed by atoms with Gasteiger partial charge < -0.3 is 9.64 Å². The van der Waals surface area contributed by atoms with Crippen LogP contribution in [-0.2, 0) is 9.53 Å². The molecule has 0 aromatic carbocycles. The molecule has 1 aliphatic heterocycles. The number of hydrogen-bond donors (Lipinski definition) is 0. The molecule has 0 bridgehead atoms. The number of amides is 1. The van der Waals surface area contributed by atoms with Gasteiger partial charge >= 0.3 is 12.1 Å². The number of hydrogen-bond acceptors (Lipinski definition) is 3. The van der Waals surface area contributed by atoms with Gasteiger partial charge in [-0.3, -0.25) is 4.79 Å². The zero-order valence-corrected chi connectivity index (χ0v) is 8.66. The van der Waals surface area contributed by atoms with Crippen LogP contribution in [0.3, 0.4) is 0 Å². The number of halogens is 1. The van der Waals surface area contributed by atoms with Crippen molar-refractivity contribution in [3.05, 3.63) is 0 Å². The Bertz CT molecular complexity index is 281. The van der Waals surface area contributed by atoms with Gasteiger partial charge in [0.2, 0.25) is 0 Å². The molecule has 2 fully saturated rings. The number of esters is 1. The Morgan fingerprint density at radius 1 is 1.43 bits per heavy atom. The van der Waals surface area contributed by atoms with Gasteiger partial charge in [0.25, 0.3) is 0 Å². The molecular weight excluding hydrogens is 206 g/mol. The molecule has 5 heteroatoms. The monoisotopic (exact) mass is 217 g/mol. The molecule has 0 N–H and O–H groups in total. The van der Waals surface area contributed by atoms with Crippen LogP contribution in [0.5, 0.6) is 0 Å². The number of ether oxygens (including phenoxy) is 1. The minimum atomic E-state index is -0.554. The third-order valence-corrected chi connectivity index (χ3v) is 3.52. The number of fused-ring (bicyclic) bond motifs is 1. The molecule has 14 heavy (non-hydrogen) atoms. The molecule has 3 unspecified atom stereocenters. The van der Waals surface area contributed by atoms with Gasteiger partial charge in [-0.2, -0.15) is 0 Å². The summed E-state index contributed by atoms with van der Waals surface area (Å²) in [6, 6.07) is -0.0694. The Kier molecular flexibility index (Phi) is 2.39. The molecule has 0 spiro atoms. The molecule has 1 saturated carbocycles. The van der Waals surface area contributed by atoms with Crippen molar-refractivity contribution in [2.24, 2.45) is 5.92 Å². The summed E-state index contributed by atoms with van der Waals surface area (Å²) in [5, 5.41) is -0.197. The first kappa shape index (κ1) is 9.77. The normalized spacial score (nSPS) is 37.9. The Morgan fingerprint density at radius 2 is 2.14 bits per heavy atom. The summed E-state index contributed by atoms with van der Waals surface area (Å²) >= 11 is 6.06. The first-order chi connectivity index (χ1) is 6.61. The Hall–Kier alpha value is -0.770. The van der Waals surface area contributed by atoms with Crippen molar-refractivity contribution in [3.63, 3.8) is 0 Å². The van der Waals surface area contributed by atoms with E-state index in [-0.39, 0.29) is 17.3 Å². The van der Waals surface area contributed by atoms with E-state index >= 15 is 0 Å². The van der Waals surface area contributed by atoms with Crippen molar-refractivity contribution in [2.45, 2.75) is 30.7 Å². The predicted octanol–water partition coefficient (Wildman–Crippen LogP) is 1.37. The summed E-state index contributed by atoms with van der Waals surface area (Å²) in [7, 11) is 1.65. The fourth-order valence-corrected chi connectivity index (χ4v) is 2.65. The molecule has 0 aromatic rings. The number of nitrogens with zero attached hydrogens (tertiary/aromatic N) is 1. The zero-order chi connectivity index (χ0) is 10.3. The molecule has 3 atom stereocenters. The molecule has 0 radical (unpaired) electrons. The summed E-state index contributed by atoms with van der Waals surface area (Å²) < 4.78 is 4.60. The fourth-order valence-electron chi connectivity index (χ4n) is 2.22. The van der Waals surface area contributed by atoms with Crippen molar-refractivity contribution < 1.29 is 14.3 Å². The van der Waals surface area contributed by atoms with Crippen LogP contribution in [-0.4, -0.2) is 35.4 Å². The molecule has 4 nitrogen and oxygen atoms in total. The van der Waals surface area contributed by atoms with Crippen LogP contribution >= 0.6 is 11.6 Å². The van der Waals surface area contributed by atoms with E-state index in [9.17, 15) is 9.59 Å². The maximum Gasteiger partial charge on any atom is 0.417 e. The van der Waals surface area contributed by atoms with Crippen LogP contribution in [0, 0.1) is 5.92 Å². The Balaban J connectivity index is 2.24. The van der Waals surface area contributed by atoms with Crippen molar-refractivity contribution in [2.75, 3.05) is 7.05 Å². The zero-order valence-electron chi connectivity index (χ0n) is 7.90. The minimum Gasteiger partial charge on any atom is -0.376 e. The van der Waals surface area contributed by atoms with Crippen LogP contribution < -0.4 is 0 Å². The van der Waals surface area contributed by atoms with E-state index in [4.69, 9.17) is 11.6 Å². The highest BCUT2D eigenvalue weighted by Crippen LogP contribution is 2.35. The molecule has 1 aliphatic carbocycles. The average molecular weight is 218 g/mol. The topological polar surface area (TPSA) is 46.6 Å². The third-order valence-electron chi connectivity index (χ3n) is 3.03. The lowest BCUT2D eigenvalue weighted by molar-refractivity contribution is -0.151. The van der Waals surface area contributed by atoms with Gasteiger partial charge in [0.05, 0.1) is 5.92 Å². The van der Waals surface area contributed by atoms with E-state index in [0.717, 1.165) is 19.3 Å². The number of carbonyl (C=O) groups is 2. The van der Waals surface area contributed by atoms with Gasteiger partial charge in [-0.05, 0) is 19.3 Å². The third kappa shape index (κ3) is 1.38. The molecule has 1 amide bonds. The van der Waals surface area contributed by atoms with Gasteiger partial charge in [-0.25, -0.2) is 4.79 Å². The average Bonchev–Trinajstić information content (AvgIpc) is 2.14. The lowest BCUT2D eigenvalue weighted by atomic mass is 9.82. The first-order valence-electron chi connectivity index (χ1n) is 4.74. The fraction of sp³-hybridized carbons (Fsp3) is 0.778.